The molecule has 0 spiro atoms. The van der Waals surface area contributed by atoms with Gasteiger partial charge in [0.15, 0.2) is 5.75 Å². The molecule has 1 heterocycles. The van der Waals surface area contributed by atoms with Gasteiger partial charge in [-0.2, -0.15) is 0 Å². The first-order valence-corrected chi connectivity index (χ1v) is 3.06. The van der Waals surface area contributed by atoms with Crippen molar-refractivity contribution in [2.24, 2.45) is 0 Å². The molecule has 0 radical (unpaired) electrons. The second-order valence-corrected chi connectivity index (χ2v) is 2.01. The van der Waals surface area contributed by atoms with Gasteiger partial charge in [-0.15, -0.1) is 4.73 Å². The van der Waals surface area contributed by atoms with Crippen molar-refractivity contribution in [3.63, 3.8) is 0 Å². The van der Waals surface area contributed by atoms with Gasteiger partial charge in [0.25, 0.3) is 0 Å². The largest absolute Gasteiger partial charge is 0.614 e. The normalized spacial score (nSPS) is 9.42. The number of nitro groups is 1. The fraction of sp³-hybridized carbons (Fsp3) is 0.167. The topological polar surface area (TPSA) is 79.3 Å². The van der Waals surface area contributed by atoms with Crippen LogP contribution in [0.25, 0.3) is 0 Å². The number of methoxy groups -OCH3 is 1. The van der Waals surface area contributed by atoms with Crippen molar-refractivity contribution < 1.29 is 14.4 Å². The van der Waals surface area contributed by atoms with Crippen molar-refractivity contribution in [2.75, 3.05) is 7.11 Å². The summed E-state index contributed by atoms with van der Waals surface area (Å²) in [4.78, 5) is 9.41. The zero-order valence-corrected chi connectivity index (χ0v) is 6.26. The van der Waals surface area contributed by atoms with E-state index in [1.54, 1.807) is 0 Å². The highest BCUT2D eigenvalue weighted by Gasteiger charge is 2.17. The zero-order valence-electron chi connectivity index (χ0n) is 6.26. The van der Waals surface area contributed by atoms with Crippen molar-refractivity contribution >= 4 is 5.82 Å². The lowest BCUT2D eigenvalue weighted by Gasteiger charge is -1.98. The standard InChI is InChI=1S/C6H6N2O4/c1-12-5-2-3-6(8(10)11)7(9)4-5/h2-4H,1H3. The number of hydrogen-bond acceptors (Lipinski definition) is 4. The van der Waals surface area contributed by atoms with Gasteiger partial charge >= 0.3 is 5.82 Å². The van der Waals surface area contributed by atoms with Gasteiger partial charge in [-0.25, -0.2) is 0 Å². The molecule has 0 fully saturated rings. The van der Waals surface area contributed by atoms with Crippen LogP contribution in [0.2, 0.25) is 0 Å². The molecular formula is C6H6N2O4. The van der Waals surface area contributed by atoms with E-state index in [9.17, 15) is 15.3 Å². The number of aromatic nitrogens is 1. The van der Waals surface area contributed by atoms with Crippen LogP contribution in [-0.2, 0) is 0 Å². The Bertz CT molecular complexity index is 312. The number of rotatable bonds is 2. The summed E-state index contributed by atoms with van der Waals surface area (Å²) in [5.74, 6) is -0.230. The van der Waals surface area contributed by atoms with Gasteiger partial charge in [-0.05, 0) is 0 Å². The molecule has 1 rings (SSSR count). The Kier molecular flexibility index (Phi) is 2.09. The van der Waals surface area contributed by atoms with E-state index in [-0.39, 0.29) is 10.5 Å². The molecule has 0 bridgehead atoms. The molecule has 0 saturated heterocycles. The first-order valence-electron chi connectivity index (χ1n) is 3.06. The van der Waals surface area contributed by atoms with Gasteiger partial charge in [0.05, 0.1) is 13.2 Å². The van der Waals surface area contributed by atoms with Gasteiger partial charge in [-0.3, -0.25) is 10.1 Å². The van der Waals surface area contributed by atoms with Gasteiger partial charge in [0.1, 0.15) is 4.92 Å². The van der Waals surface area contributed by atoms with Gasteiger partial charge in [0, 0.05) is 6.07 Å². The summed E-state index contributed by atoms with van der Waals surface area (Å²) in [6, 6.07) is 2.44. The smallest absolute Gasteiger partial charge is 0.512 e. The molecule has 0 saturated carbocycles. The molecule has 0 aromatic carbocycles. The Morgan fingerprint density at radius 2 is 2.25 bits per heavy atom. The maximum atomic E-state index is 10.8. The maximum absolute atomic E-state index is 10.8. The van der Waals surface area contributed by atoms with Crippen LogP contribution in [0.4, 0.5) is 5.82 Å². The lowest BCUT2D eigenvalue weighted by molar-refractivity contribution is -0.664. The average Bonchev–Trinajstić information content (AvgIpc) is 2.03. The SMILES string of the molecule is COc1ccc([N+](=O)[O-])[n+]([O-])c1. The van der Waals surface area contributed by atoms with Crippen molar-refractivity contribution in [1.82, 2.24) is 0 Å². The van der Waals surface area contributed by atoms with E-state index in [2.05, 4.69) is 4.74 Å². The minimum absolute atomic E-state index is 0.152. The number of ether oxygens (including phenoxy) is 1. The Morgan fingerprint density at radius 1 is 1.58 bits per heavy atom. The molecule has 6 heteroatoms. The predicted molar refractivity (Wildman–Crippen MR) is 38.6 cm³/mol. The van der Waals surface area contributed by atoms with E-state index in [1.165, 1.54) is 13.2 Å². The van der Waals surface area contributed by atoms with Gasteiger partial charge < -0.3 is 9.94 Å². The molecule has 1 aromatic rings. The summed E-state index contributed by atoms with van der Waals surface area (Å²) in [6.07, 6.45) is 0.998. The summed E-state index contributed by atoms with van der Waals surface area (Å²) in [5, 5.41) is 21.0. The van der Waals surface area contributed by atoms with E-state index < -0.39 is 10.7 Å². The zero-order chi connectivity index (χ0) is 9.14. The average molecular weight is 170 g/mol. The molecule has 0 aliphatic carbocycles. The van der Waals surface area contributed by atoms with E-state index >= 15 is 0 Å². The van der Waals surface area contributed by atoms with Crippen LogP contribution in [0.3, 0.4) is 0 Å². The molecule has 0 aliphatic heterocycles. The highest BCUT2D eigenvalue weighted by Crippen LogP contribution is 2.10. The van der Waals surface area contributed by atoms with E-state index in [1.807, 2.05) is 0 Å². The lowest BCUT2D eigenvalue weighted by Crippen LogP contribution is -2.29. The third kappa shape index (κ3) is 1.42. The summed E-state index contributed by atoms with van der Waals surface area (Å²) in [7, 11) is 1.38. The van der Waals surface area contributed by atoms with Crippen LogP contribution < -0.4 is 9.47 Å². The molecule has 12 heavy (non-hydrogen) atoms. The molecule has 0 atom stereocenters. The van der Waals surface area contributed by atoms with Gasteiger partial charge in [0.2, 0.25) is 6.20 Å². The van der Waals surface area contributed by atoms with Crippen LogP contribution in [0.15, 0.2) is 18.3 Å². The van der Waals surface area contributed by atoms with Crippen LogP contribution in [-0.4, -0.2) is 12.0 Å². The Labute approximate surface area is 67.7 Å². The van der Waals surface area contributed by atoms with Crippen LogP contribution >= 0.6 is 0 Å². The highest BCUT2D eigenvalue weighted by molar-refractivity contribution is 5.21. The Balaban J connectivity index is 3.12. The van der Waals surface area contributed by atoms with Crippen molar-refractivity contribution in [2.45, 2.75) is 0 Å². The molecule has 64 valence electrons. The quantitative estimate of drug-likeness (QED) is 0.275. The first kappa shape index (κ1) is 8.25. The van der Waals surface area contributed by atoms with Crippen molar-refractivity contribution in [3.8, 4) is 5.75 Å². The summed E-state index contributed by atoms with van der Waals surface area (Å²) in [5.41, 5.74) is 0. The summed E-state index contributed by atoms with van der Waals surface area (Å²) in [6.45, 7) is 0. The predicted octanol–water partition coefficient (Wildman–Crippen LogP) is 0.237. The van der Waals surface area contributed by atoms with Crippen LogP contribution in [0.5, 0.6) is 5.75 Å². The molecule has 6 nitrogen and oxygen atoms in total. The van der Waals surface area contributed by atoms with Crippen LogP contribution in [0.1, 0.15) is 0 Å². The summed E-state index contributed by atoms with van der Waals surface area (Å²) < 4.78 is 4.84. The second-order valence-electron chi connectivity index (χ2n) is 2.01. The molecular weight excluding hydrogens is 164 g/mol. The summed E-state index contributed by atoms with van der Waals surface area (Å²) >= 11 is 0. The fourth-order valence-electron chi connectivity index (χ4n) is 0.717. The van der Waals surface area contributed by atoms with Gasteiger partial charge in [-0.1, -0.05) is 0 Å². The Morgan fingerprint density at radius 3 is 2.67 bits per heavy atom. The third-order valence-corrected chi connectivity index (χ3v) is 1.29. The number of hydrogen-bond donors (Lipinski definition) is 0. The lowest BCUT2D eigenvalue weighted by atomic mass is 10.4. The molecule has 0 aliphatic rings. The second kappa shape index (κ2) is 3.04. The molecule has 0 amide bonds. The monoisotopic (exact) mass is 170 g/mol. The minimum Gasteiger partial charge on any atom is -0.614 e. The number of nitrogens with zero attached hydrogens (tertiary/aromatic N) is 2. The maximum Gasteiger partial charge on any atom is 0.512 e. The number of pyridine rings is 1. The fourth-order valence-corrected chi connectivity index (χ4v) is 0.717. The molecule has 1 aromatic heterocycles. The van der Waals surface area contributed by atoms with Crippen molar-refractivity contribution in [3.05, 3.63) is 33.7 Å². The van der Waals surface area contributed by atoms with E-state index in [0.717, 1.165) is 12.3 Å². The Hall–Kier alpha value is -1.85. The first-order chi connectivity index (χ1) is 5.65. The third-order valence-electron chi connectivity index (χ3n) is 1.29. The molecule has 0 N–H and O–H groups in total. The van der Waals surface area contributed by atoms with E-state index in [4.69, 9.17) is 0 Å². The van der Waals surface area contributed by atoms with Crippen LogP contribution in [0, 0.1) is 15.3 Å². The highest BCUT2D eigenvalue weighted by atomic mass is 16.6. The minimum atomic E-state index is -0.758. The van der Waals surface area contributed by atoms with Crippen molar-refractivity contribution in [1.29, 1.82) is 0 Å². The van der Waals surface area contributed by atoms with E-state index in [0.29, 0.717) is 0 Å². The molecule has 0 unspecified atom stereocenters.